The average Bonchev–Trinajstić information content (AvgIpc) is 2.84. The van der Waals surface area contributed by atoms with Gasteiger partial charge in [-0.2, -0.15) is 0 Å². The van der Waals surface area contributed by atoms with Gasteiger partial charge in [0.05, 0.1) is 5.97 Å². The van der Waals surface area contributed by atoms with Crippen LogP contribution < -0.4 is 10.2 Å². The Morgan fingerprint density at radius 1 is 0.657 bits per heavy atom. The van der Waals surface area contributed by atoms with E-state index in [9.17, 15) is 19.8 Å². The van der Waals surface area contributed by atoms with E-state index < -0.39 is 11.9 Å². The fraction of sp³-hybridized carbons (Fsp3) is 0.667. The summed E-state index contributed by atoms with van der Waals surface area (Å²) in [5.74, 6) is -2.02. The average molecular weight is 595 g/mol. The van der Waals surface area contributed by atoms with Crippen LogP contribution in [0.25, 0.3) is 0 Å². The van der Waals surface area contributed by atoms with Gasteiger partial charge >= 0.3 is 23.9 Å². The first-order valence-corrected chi connectivity index (χ1v) is 13.4. The molecule has 0 N–H and O–H groups in total. The zero-order chi connectivity index (χ0) is 26.5. The molecule has 0 saturated carbocycles. The minimum Gasteiger partial charge on any atom is -0.550 e. The number of aryl methyl sites for hydroxylation is 1. The molecule has 0 saturated heterocycles. The van der Waals surface area contributed by atoms with Crippen molar-refractivity contribution in [2.45, 2.75) is 130 Å². The maximum atomic E-state index is 10.4. The molecule has 0 aliphatic heterocycles. The molecule has 0 heterocycles. The van der Waals surface area contributed by atoms with Gasteiger partial charge in [-0.25, -0.2) is 0 Å². The molecule has 0 aliphatic rings. The van der Waals surface area contributed by atoms with E-state index in [0.29, 0.717) is 0 Å². The van der Waals surface area contributed by atoms with Crippen molar-refractivity contribution in [3.63, 3.8) is 0 Å². The van der Waals surface area contributed by atoms with E-state index in [1.807, 2.05) is 12.1 Å². The van der Waals surface area contributed by atoms with E-state index >= 15 is 0 Å². The van der Waals surface area contributed by atoms with Crippen LogP contribution in [0.3, 0.4) is 0 Å². The van der Waals surface area contributed by atoms with E-state index in [0.717, 1.165) is 38.5 Å². The molecule has 0 spiro atoms. The Hall–Kier alpha value is -1.04. The second kappa shape index (κ2) is 35.1. The number of carbonyl (C=O) groups is 2. The number of rotatable bonds is 15. The van der Waals surface area contributed by atoms with Crippen LogP contribution >= 0.6 is 0 Å². The normalized spacial score (nSPS) is 9.20. The maximum Gasteiger partial charge on any atom is 2.00 e. The van der Waals surface area contributed by atoms with Crippen LogP contribution in [0.1, 0.15) is 140 Å². The number of hydrogen-bond acceptors (Lipinski definition) is 4. The van der Waals surface area contributed by atoms with Gasteiger partial charge in [0.25, 0.3) is 0 Å². The number of unbranched alkanes of at least 4 members (excludes halogenated alkanes) is 10. The summed E-state index contributed by atoms with van der Waals surface area (Å²) in [5.41, 5.74) is 1.41. The molecule has 1 aromatic carbocycles. The molecule has 200 valence electrons. The molecule has 0 atom stereocenters. The standard InChI is InChI=1S/C12H24O2.C10H12O2.2C4H9.Sn/c1-2-3-4-5-6-7-8-9-10-11-12(13)14;1-2-3-8-4-6-9(7-5-8)10(11)12;2*1-3-4-2;/h2-11H2,1H3,(H,13,14);4-7H,2-3H2,1H3,(H,11,12);2*1,3-4H2,2H3;/q;;;;+2/p-2. The zero-order valence-electron chi connectivity index (χ0n) is 23.2. The smallest absolute Gasteiger partial charge is 0.550 e. The number of aromatic carboxylic acids is 1. The summed E-state index contributed by atoms with van der Waals surface area (Å²) in [6.07, 6.45) is 17.8. The molecule has 35 heavy (non-hydrogen) atoms. The molecular formula is C30H52O4Sn. The molecule has 1 aromatic rings. The number of hydrogen-bond donors (Lipinski definition) is 0. The molecule has 0 aromatic heterocycles. The first-order valence-electron chi connectivity index (χ1n) is 13.4. The topological polar surface area (TPSA) is 80.3 Å². The largest absolute Gasteiger partial charge is 2.00 e. The van der Waals surface area contributed by atoms with Gasteiger partial charge in [0.15, 0.2) is 0 Å². The van der Waals surface area contributed by atoms with Crippen molar-refractivity contribution in [2.75, 3.05) is 0 Å². The molecule has 0 aliphatic carbocycles. The van der Waals surface area contributed by atoms with Crippen LogP contribution in [0.4, 0.5) is 0 Å². The predicted molar refractivity (Wildman–Crippen MR) is 148 cm³/mol. The molecule has 4 radical (unpaired) electrons. The van der Waals surface area contributed by atoms with Gasteiger partial charge in [0.2, 0.25) is 0 Å². The van der Waals surface area contributed by atoms with Crippen LogP contribution in [0.15, 0.2) is 24.3 Å². The minimum absolute atomic E-state index is 0. The van der Waals surface area contributed by atoms with Gasteiger partial charge in [0.1, 0.15) is 0 Å². The SMILES string of the molecule is CCCCCCCCCCCC(=O)[O-].CCCc1ccc(C(=O)[O-])cc1.[CH2]CCC.[CH2]CCC.[Sn+2]. The second-order valence-electron chi connectivity index (χ2n) is 8.39. The summed E-state index contributed by atoms with van der Waals surface area (Å²) in [6, 6.07) is 6.82. The van der Waals surface area contributed by atoms with E-state index in [2.05, 4.69) is 41.5 Å². The Balaban J connectivity index is -0.000000207. The minimum atomic E-state index is -1.11. The number of benzene rings is 1. The molecule has 5 heteroatoms. The Bertz CT molecular complexity index is 536. The summed E-state index contributed by atoms with van der Waals surface area (Å²) < 4.78 is 0. The van der Waals surface area contributed by atoms with Crippen molar-refractivity contribution in [1.82, 2.24) is 0 Å². The van der Waals surface area contributed by atoms with Crippen molar-refractivity contribution in [3.05, 3.63) is 49.2 Å². The van der Waals surface area contributed by atoms with E-state index in [1.165, 1.54) is 63.4 Å². The van der Waals surface area contributed by atoms with Gasteiger partial charge in [-0.05, 0) is 30.4 Å². The van der Waals surface area contributed by atoms with E-state index in [-0.39, 0.29) is 35.9 Å². The third-order valence-corrected chi connectivity index (χ3v) is 4.92. The van der Waals surface area contributed by atoms with Crippen LogP contribution in [0.2, 0.25) is 0 Å². The third-order valence-electron chi connectivity index (χ3n) is 4.92. The summed E-state index contributed by atoms with van der Waals surface area (Å²) >= 11 is 0. The Morgan fingerprint density at radius 3 is 1.37 bits per heavy atom. The Labute approximate surface area is 234 Å². The number of carbonyl (C=O) groups excluding carboxylic acids is 2. The molecular weight excluding hydrogens is 543 g/mol. The fourth-order valence-electron chi connectivity index (χ4n) is 2.68. The molecule has 4 nitrogen and oxygen atoms in total. The van der Waals surface area contributed by atoms with E-state index in [1.54, 1.807) is 12.1 Å². The first kappa shape index (κ1) is 41.1. The Kier molecular flexibility index (Phi) is 41.2. The van der Waals surface area contributed by atoms with Crippen molar-refractivity contribution >= 4 is 35.8 Å². The summed E-state index contributed by atoms with van der Waals surface area (Å²) in [7, 11) is 0. The Morgan fingerprint density at radius 2 is 1.06 bits per heavy atom. The molecule has 1 rings (SSSR count). The van der Waals surface area contributed by atoms with Gasteiger partial charge in [-0.3, -0.25) is 0 Å². The zero-order valence-corrected chi connectivity index (χ0v) is 26.0. The van der Waals surface area contributed by atoms with Crippen molar-refractivity contribution in [3.8, 4) is 0 Å². The monoisotopic (exact) mass is 596 g/mol. The maximum absolute atomic E-state index is 10.4. The molecule has 0 fully saturated rings. The summed E-state index contributed by atoms with van der Waals surface area (Å²) in [4.78, 5) is 20.5. The molecule has 0 bridgehead atoms. The summed E-state index contributed by atoms with van der Waals surface area (Å²) in [6.45, 7) is 15.8. The van der Waals surface area contributed by atoms with Gasteiger partial charge in [0, 0.05) is 5.97 Å². The number of carboxylic acids is 2. The van der Waals surface area contributed by atoms with Gasteiger partial charge in [-0.1, -0.05) is 149 Å². The number of aliphatic carboxylic acids is 1. The third kappa shape index (κ3) is 37.7. The van der Waals surface area contributed by atoms with Crippen LogP contribution in [-0.4, -0.2) is 35.8 Å². The first-order chi connectivity index (χ1) is 16.3. The second-order valence-corrected chi connectivity index (χ2v) is 8.39. The quantitative estimate of drug-likeness (QED) is 0.171. The van der Waals surface area contributed by atoms with Crippen molar-refractivity contribution < 1.29 is 19.8 Å². The van der Waals surface area contributed by atoms with Crippen molar-refractivity contribution in [2.24, 2.45) is 0 Å². The number of carboxylic acid groups (broad SMARTS) is 2. The van der Waals surface area contributed by atoms with Gasteiger partial charge < -0.3 is 19.8 Å². The van der Waals surface area contributed by atoms with E-state index in [4.69, 9.17) is 0 Å². The van der Waals surface area contributed by atoms with Crippen LogP contribution in [-0.2, 0) is 11.2 Å². The van der Waals surface area contributed by atoms with Crippen molar-refractivity contribution in [1.29, 1.82) is 0 Å². The van der Waals surface area contributed by atoms with Crippen LogP contribution in [0, 0.1) is 13.8 Å². The van der Waals surface area contributed by atoms with Crippen LogP contribution in [0.5, 0.6) is 0 Å². The van der Waals surface area contributed by atoms with Gasteiger partial charge in [-0.15, -0.1) is 0 Å². The molecule has 0 unspecified atom stereocenters. The fourth-order valence-corrected chi connectivity index (χ4v) is 2.68. The predicted octanol–water partition coefficient (Wildman–Crippen LogP) is 6.52. The molecule has 0 amide bonds. The summed E-state index contributed by atoms with van der Waals surface area (Å²) in [5, 5.41) is 20.5.